The molecule has 3 N–H and O–H groups in total. The van der Waals surface area contributed by atoms with E-state index in [0.717, 1.165) is 5.56 Å². The van der Waals surface area contributed by atoms with Crippen LogP contribution in [0, 0.1) is 0 Å². The number of phenols is 1. The first-order valence-corrected chi connectivity index (χ1v) is 9.23. The highest BCUT2D eigenvalue weighted by Gasteiger charge is 2.28. The van der Waals surface area contributed by atoms with E-state index in [4.69, 9.17) is 0 Å². The standard InChI is InChI=1S/C19H16N4O3S/c24-16-9-5-4-8-13(16)15-10-14(17(25)26)20-18-21-19(22-23(15)18)27-11-12-6-2-1-3-7-12/h1-10,15,24H,11H2,(H,25,26)(H,20,21,22)/t15-/m0/s1. The smallest absolute Gasteiger partial charge is 0.352 e. The molecule has 2 aromatic carbocycles. The third kappa shape index (κ3) is 3.52. The van der Waals surface area contributed by atoms with E-state index in [2.05, 4.69) is 15.4 Å². The van der Waals surface area contributed by atoms with Crippen LogP contribution < -0.4 is 5.32 Å². The van der Waals surface area contributed by atoms with Crippen LogP contribution in [-0.4, -0.2) is 30.9 Å². The zero-order valence-electron chi connectivity index (χ0n) is 14.1. The van der Waals surface area contributed by atoms with E-state index in [1.54, 1.807) is 28.9 Å². The van der Waals surface area contributed by atoms with Crippen LogP contribution in [-0.2, 0) is 10.5 Å². The number of allylic oxidation sites excluding steroid dienone is 1. The summed E-state index contributed by atoms with van der Waals surface area (Å²) in [6, 6.07) is 16.2. The number of thioether (sulfide) groups is 1. The molecule has 0 unspecified atom stereocenters. The van der Waals surface area contributed by atoms with Crippen molar-refractivity contribution in [3.63, 3.8) is 0 Å². The second-order valence-corrected chi connectivity index (χ2v) is 6.89. The molecule has 1 aromatic heterocycles. The molecule has 8 heteroatoms. The highest BCUT2D eigenvalue weighted by molar-refractivity contribution is 7.98. The summed E-state index contributed by atoms with van der Waals surface area (Å²) in [5.74, 6) is 0.0114. The summed E-state index contributed by atoms with van der Waals surface area (Å²) in [7, 11) is 0. The number of fused-ring (bicyclic) bond motifs is 1. The predicted molar refractivity (Wildman–Crippen MR) is 102 cm³/mol. The molecule has 4 rings (SSSR count). The molecule has 1 atom stereocenters. The molecule has 0 spiro atoms. The molecular formula is C19H16N4O3S. The number of carbonyl (C=O) groups is 1. The molecule has 2 heterocycles. The van der Waals surface area contributed by atoms with Gasteiger partial charge in [-0.25, -0.2) is 9.48 Å². The van der Waals surface area contributed by atoms with E-state index >= 15 is 0 Å². The van der Waals surface area contributed by atoms with Gasteiger partial charge in [-0.3, -0.25) is 0 Å². The van der Waals surface area contributed by atoms with Crippen molar-refractivity contribution in [2.45, 2.75) is 17.0 Å². The second kappa shape index (κ2) is 7.16. The number of hydrogen-bond donors (Lipinski definition) is 3. The lowest BCUT2D eigenvalue weighted by Gasteiger charge is -2.22. The van der Waals surface area contributed by atoms with E-state index in [1.807, 2.05) is 30.3 Å². The molecule has 0 amide bonds. The van der Waals surface area contributed by atoms with E-state index < -0.39 is 12.0 Å². The van der Waals surface area contributed by atoms with Crippen molar-refractivity contribution >= 4 is 23.7 Å². The first-order valence-electron chi connectivity index (χ1n) is 8.25. The maximum absolute atomic E-state index is 11.5. The Morgan fingerprint density at radius 1 is 1.15 bits per heavy atom. The number of nitrogens with zero attached hydrogens (tertiary/aromatic N) is 3. The summed E-state index contributed by atoms with van der Waals surface area (Å²) in [5, 5.41) is 27.4. The Kier molecular flexibility index (Phi) is 4.55. The van der Waals surface area contributed by atoms with E-state index in [-0.39, 0.29) is 11.4 Å². The van der Waals surface area contributed by atoms with Crippen molar-refractivity contribution < 1.29 is 15.0 Å². The van der Waals surface area contributed by atoms with Crippen molar-refractivity contribution in [3.8, 4) is 5.75 Å². The lowest BCUT2D eigenvalue weighted by Crippen LogP contribution is -2.24. The largest absolute Gasteiger partial charge is 0.508 e. The minimum atomic E-state index is -1.09. The number of aromatic nitrogens is 3. The van der Waals surface area contributed by atoms with Crippen LogP contribution in [0.15, 0.2) is 71.5 Å². The maximum Gasteiger partial charge on any atom is 0.352 e. The number of nitrogens with one attached hydrogen (secondary N) is 1. The van der Waals surface area contributed by atoms with Gasteiger partial charge < -0.3 is 15.5 Å². The Balaban J connectivity index is 1.66. The second-order valence-electron chi connectivity index (χ2n) is 5.95. The first kappa shape index (κ1) is 17.2. The quantitative estimate of drug-likeness (QED) is 0.584. The van der Waals surface area contributed by atoms with Gasteiger partial charge >= 0.3 is 5.97 Å². The first-order chi connectivity index (χ1) is 13.1. The average Bonchev–Trinajstić information content (AvgIpc) is 3.10. The van der Waals surface area contributed by atoms with Gasteiger partial charge in [0.15, 0.2) is 0 Å². The van der Waals surface area contributed by atoms with Gasteiger partial charge in [0.2, 0.25) is 11.1 Å². The third-order valence-electron chi connectivity index (χ3n) is 4.14. The number of para-hydroxylation sites is 1. The summed E-state index contributed by atoms with van der Waals surface area (Å²) in [4.78, 5) is 15.9. The van der Waals surface area contributed by atoms with Crippen LogP contribution in [0.2, 0.25) is 0 Å². The molecule has 0 aliphatic carbocycles. The zero-order chi connectivity index (χ0) is 18.8. The number of carboxylic acid groups (broad SMARTS) is 1. The number of benzene rings is 2. The summed E-state index contributed by atoms with van der Waals surface area (Å²) in [6.45, 7) is 0. The van der Waals surface area contributed by atoms with E-state index in [0.29, 0.717) is 22.4 Å². The van der Waals surface area contributed by atoms with Gasteiger partial charge in [0.1, 0.15) is 17.5 Å². The van der Waals surface area contributed by atoms with Gasteiger partial charge in [0.25, 0.3) is 0 Å². The Bertz CT molecular complexity index is 1020. The summed E-state index contributed by atoms with van der Waals surface area (Å²) < 4.78 is 1.59. The van der Waals surface area contributed by atoms with Crippen LogP contribution in [0.3, 0.4) is 0 Å². The highest BCUT2D eigenvalue weighted by atomic mass is 32.2. The van der Waals surface area contributed by atoms with Gasteiger partial charge in [-0.1, -0.05) is 60.3 Å². The third-order valence-corrected chi connectivity index (χ3v) is 5.05. The molecule has 0 saturated carbocycles. The average molecular weight is 380 g/mol. The van der Waals surface area contributed by atoms with Crippen molar-refractivity contribution in [2.24, 2.45) is 0 Å². The molecule has 0 radical (unpaired) electrons. The molecule has 27 heavy (non-hydrogen) atoms. The van der Waals surface area contributed by atoms with Crippen molar-refractivity contribution in [2.75, 3.05) is 5.32 Å². The van der Waals surface area contributed by atoms with E-state index in [9.17, 15) is 15.0 Å². The Labute approximate surface area is 159 Å². The van der Waals surface area contributed by atoms with Gasteiger partial charge in [-0.15, -0.1) is 5.10 Å². The molecule has 1 aliphatic rings. The molecule has 3 aromatic rings. The predicted octanol–water partition coefficient (Wildman–Crippen LogP) is 3.26. The monoisotopic (exact) mass is 380 g/mol. The number of aliphatic carboxylic acids is 1. The van der Waals surface area contributed by atoms with Gasteiger partial charge in [0, 0.05) is 11.3 Å². The SMILES string of the molecule is O=C(O)C1=C[C@@H](c2ccccc2O)n2nc(SCc3ccccc3)nc2N1. The van der Waals surface area contributed by atoms with Gasteiger partial charge in [0.05, 0.1) is 0 Å². The number of carboxylic acids is 1. The molecule has 0 bridgehead atoms. The minimum absolute atomic E-state index is 0.00256. The Hall–Kier alpha value is -3.26. The maximum atomic E-state index is 11.5. The lowest BCUT2D eigenvalue weighted by molar-refractivity contribution is -0.132. The molecule has 7 nitrogen and oxygen atoms in total. The normalized spacial score (nSPS) is 15.6. The van der Waals surface area contributed by atoms with Crippen molar-refractivity contribution in [1.29, 1.82) is 0 Å². The highest BCUT2D eigenvalue weighted by Crippen LogP contribution is 2.34. The Morgan fingerprint density at radius 2 is 1.89 bits per heavy atom. The fourth-order valence-corrected chi connectivity index (χ4v) is 3.63. The number of rotatable bonds is 5. The Morgan fingerprint density at radius 3 is 2.63 bits per heavy atom. The van der Waals surface area contributed by atoms with Crippen LogP contribution in [0.25, 0.3) is 0 Å². The van der Waals surface area contributed by atoms with Crippen molar-refractivity contribution in [3.05, 3.63) is 77.5 Å². The molecule has 1 aliphatic heterocycles. The topological polar surface area (TPSA) is 100 Å². The molecule has 136 valence electrons. The van der Waals surface area contributed by atoms with Crippen LogP contribution >= 0.6 is 11.8 Å². The summed E-state index contributed by atoms with van der Waals surface area (Å²) in [6.07, 6.45) is 1.52. The number of phenolic OH excluding ortho intramolecular Hbond substituents is 1. The van der Waals surface area contributed by atoms with E-state index in [1.165, 1.54) is 17.8 Å². The number of aromatic hydroxyl groups is 1. The number of anilines is 1. The zero-order valence-corrected chi connectivity index (χ0v) is 14.9. The number of hydrogen-bond acceptors (Lipinski definition) is 6. The summed E-state index contributed by atoms with van der Waals surface area (Å²) >= 11 is 1.46. The molecule has 0 fully saturated rings. The van der Waals surface area contributed by atoms with Crippen LogP contribution in [0.5, 0.6) is 5.75 Å². The van der Waals surface area contributed by atoms with Crippen LogP contribution in [0.4, 0.5) is 5.95 Å². The van der Waals surface area contributed by atoms with Crippen molar-refractivity contribution in [1.82, 2.24) is 14.8 Å². The fraction of sp³-hybridized carbons (Fsp3) is 0.105. The fourth-order valence-electron chi connectivity index (χ4n) is 2.84. The minimum Gasteiger partial charge on any atom is -0.508 e. The lowest BCUT2D eigenvalue weighted by atomic mass is 10.0. The summed E-state index contributed by atoms with van der Waals surface area (Å²) in [5.41, 5.74) is 1.70. The molecule has 0 saturated heterocycles. The van der Waals surface area contributed by atoms with Gasteiger partial charge in [-0.05, 0) is 17.7 Å². The molecular weight excluding hydrogens is 364 g/mol. The van der Waals surface area contributed by atoms with Crippen LogP contribution in [0.1, 0.15) is 17.2 Å². The van der Waals surface area contributed by atoms with Gasteiger partial charge in [-0.2, -0.15) is 4.98 Å².